The van der Waals surface area contributed by atoms with E-state index < -0.39 is 0 Å². The Morgan fingerprint density at radius 3 is 2.50 bits per heavy atom. The summed E-state index contributed by atoms with van der Waals surface area (Å²) in [6, 6.07) is 7.79. The van der Waals surface area contributed by atoms with E-state index in [4.69, 9.17) is 16.3 Å². The summed E-state index contributed by atoms with van der Waals surface area (Å²) >= 11 is 5.63. The molecule has 0 spiro atoms. The average Bonchev–Trinajstić information content (AvgIpc) is 2.37. The van der Waals surface area contributed by atoms with Crippen molar-refractivity contribution in [1.29, 1.82) is 0 Å². The molecule has 0 aromatic heterocycles. The molecular formula is C14H20ClNO2. The molecule has 0 aliphatic carbocycles. The molecule has 1 rings (SSSR count). The fraction of sp³-hybridized carbons (Fsp3) is 0.500. The van der Waals surface area contributed by atoms with E-state index in [1.54, 1.807) is 6.92 Å². The number of amides is 1. The summed E-state index contributed by atoms with van der Waals surface area (Å²) in [5.41, 5.74) is 1.19. The Morgan fingerprint density at radius 2 is 1.94 bits per heavy atom. The first-order chi connectivity index (χ1) is 8.52. The smallest absolute Gasteiger partial charge is 0.224 e. The number of halogens is 1. The van der Waals surface area contributed by atoms with Gasteiger partial charge in [0.15, 0.2) is 0 Å². The molecule has 0 fully saturated rings. The molecule has 0 aliphatic heterocycles. The quantitative estimate of drug-likeness (QED) is 0.807. The molecule has 1 aromatic rings. The second-order valence-corrected chi connectivity index (χ2v) is 4.90. The number of rotatable bonds is 6. The van der Waals surface area contributed by atoms with Gasteiger partial charge < -0.3 is 10.1 Å². The van der Waals surface area contributed by atoms with Gasteiger partial charge in [-0.25, -0.2) is 0 Å². The standard InChI is InChI=1S/C14H20ClNO2/c1-10-4-6-13(7-5-10)18-9-12(3)16-14(17)11(2)8-15/h4-7,11-12H,8-9H2,1-3H3,(H,16,17). The number of carbonyl (C=O) groups excluding carboxylic acids is 1. The van der Waals surface area contributed by atoms with E-state index in [-0.39, 0.29) is 17.9 Å². The van der Waals surface area contributed by atoms with Crippen LogP contribution in [0.2, 0.25) is 0 Å². The SMILES string of the molecule is Cc1ccc(OCC(C)NC(=O)C(C)CCl)cc1. The van der Waals surface area contributed by atoms with Crippen LogP contribution in [0.15, 0.2) is 24.3 Å². The monoisotopic (exact) mass is 269 g/mol. The van der Waals surface area contributed by atoms with Crippen LogP contribution < -0.4 is 10.1 Å². The maximum atomic E-state index is 11.6. The van der Waals surface area contributed by atoms with Gasteiger partial charge in [0.2, 0.25) is 5.91 Å². The van der Waals surface area contributed by atoms with Crippen LogP contribution in [0.5, 0.6) is 5.75 Å². The normalized spacial score (nSPS) is 13.8. The lowest BCUT2D eigenvalue weighted by Gasteiger charge is -2.17. The molecule has 3 nitrogen and oxygen atoms in total. The van der Waals surface area contributed by atoms with Crippen molar-refractivity contribution < 1.29 is 9.53 Å². The maximum absolute atomic E-state index is 11.6. The van der Waals surface area contributed by atoms with Crippen molar-refractivity contribution in [2.45, 2.75) is 26.8 Å². The number of hydrogen-bond acceptors (Lipinski definition) is 2. The van der Waals surface area contributed by atoms with Gasteiger partial charge in [-0.1, -0.05) is 24.6 Å². The van der Waals surface area contributed by atoms with E-state index >= 15 is 0 Å². The first-order valence-electron chi connectivity index (χ1n) is 6.08. The van der Waals surface area contributed by atoms with Gasteiger partial charge in [0.25, 0.3) is 0 Å². The van der Waals surface area contributed by atoms with E-state index in [1.807, 2.05) is 38.1 Å². The first kappa shape index (κ1) is 14.8. The predicted octanol–water partition coefficient (Wildman–Crippen LogP) is 2.75. The Labute approximate surface area is 113 Å². The van der Waals surface area contributed by atoms with Gasteiger partial charge in [0.1, 0.15) is 12.4 Å². The minimum Gasteiger partial charge on any atom is -0.491 e. The van der Waals surface area contributed by atoms with Crippen LogP contribution in [0.4, 0.5) is 0 Å². The topological polar surface area (TPSA) is 38.3 Å². The van der Waals surface area contributed by atoms with Gasteiger partial charge in [-0.3, -0.25) is 4.79 Å². The Balaban J connectivity index is 2.35. The molecule has 2 atom stereocenters. The number of carbonyl (C=O) groups is 1. The number of ether oxygens (including phenoxy) is 1. The van der Waals surface area contributed by atoms with Crippen LogP contribution in [0.25, 0.3) is 0 Å². The Morgan fingerprint density at radius 1 is 1.33 bits per heavy atom. The summed E-state index contributed by atoms with van der Waals surface area (Å²) in [6.07, 6.45) is 0. The number of hydrogen-bond donors (Lipinski definition) is 1. The third-order valence-electron chi connectivity index (χ3n) is 2.59. The summed E-state index contributed by atoms with van der Waals surface area (Å²) in [5.74, 6) is 0.933. The molecule has 0 radical (unpaired) electrons. The lowest BCUT2D eigenvalue weighted by atomic mass is 10.2. The number of benzene rings is 1. The lowest BCUT2D eigenvalue weighted by Crippen LogP contribution is -2.40. The molecule has 0 saturated heterocycles. The Hall–Kier alpha value is -1.22. The maximum Gasteiger partial charge on any atom is 0.224 e. The van der Waals surface area contributed by atoms with Crippen LogP contribution in [0.3, 0.4) is 0 Å². The third-order valence-corrected chi connectivity index (χ3v) is 3.05. The van der Waals surface area contributed by atoms with Gasteiger partial charge in [0.05, 0.1) is 6.04 Å². The molecule has 0 bridgehead atoms. The molecule has 2 unspecified atom stereocenters. The molecule has 4 heteroatoms. The highest BCUT2D eigenvalue weighted by molar-refractivity contribution is 6.19. The molecule has 0 saturated carbocycles. The van der Waals surface area contributed by atoms with E-state index in [0.29, 0.717) is 12.5 Å². The second kappa shape index (κ2) is 7.27. The lowest BCUT2D eigenvalue weighted by molar-refractivity contribution is -0.124. The van der Waals surface area contributed by atoms with Crippen molar-refractivity contribution in [2.75, 3.05) is 12.5 Å². The zero-order chi connectivity index (χ0) is 13.5. The van der Waals surface area contributed by atoms with Gasteiger partial charge in [-0.2, -0.15) is 0 Å². The summed E-state index contributed by atoms with van der Waals surface area (Å²) < 4.78 is 5.59. The highest BCUT2D eigenvalue weighted by Crippen LogP contribution is 2.11. The van der Waals surface area contributed by atoms with Gasteiger partial charge in [-0.05, 0) is 26.0 Å². The molecule has 0 heterocycles. The average molecular weight is 270 g/mol. The summed E-state index contributed by atoms with van der Waals surface area (Å²) in [6.45, 7) is 6.19. The van der Waals surface area contributed by atoms with E-state index in [0.717, 1.165) is 5.75 Å². The zero-order valence-electron chi connectivity index (χ0n) is 11.1. The van der Waals surface area contributed by atoms with Crippen molar-refractivity contribution >= 4 is 17.5 Å². The molecule has 100 valence electrons. The van der Waals surface area contributed by atoms with Crippen LogP contribution in [-0.4, -0.2) is 24.4 Å². The van der Waals surface area contributed by atoms with E-state index in [1.165, 1.54) is 5.56 Å². The van der Waals surface area contributed by atoms with Crippen molar-refractivity contribution in [2.24, 2.45) is 5.92 Å². The second-order valence-electron chi connectivity index (χ2n) is 4.59. The predicted molar refractivity (Wildman–Crippen MR) is 74.2 cm³/mol. The van der Waals surface area contributed by atoms with Gasteiger partial charge in [0, 0.05) is 11.8 Å². The zero-order valence-corrected chi connectivity index (χ0v) is 11.8. The van der Waals surface area contributed by atoms with Crippen molar-refractivity contribution in [3.05, 3.63) is 29.8 Å². The molecule has 1 amide bonds. The molecule has 0 aliphatic rings. The molecule has 1 N–H and O–H groups in total. The Bertz CT molecular complexity index is 378. The number of aryl methyl sites for hydroxylation is 1. The molecule has 1 aromatic carbocycles. The summed E-state index contributed by atoms with van der Waals surface area (Å²) in [4.78, 5) is 11.6. The van der Waals surface area contributed by atoms with Crippen molar-refractivity contribution in [3.63, 3.8) is 0 Å². The summed E-state index contributed by atoms with van der Waals surface area (Å²) in [5, 5.41) is 2.86. The number of nitrogens with one attached hydrogen (secondary N) is 1. The van der Waals surface area contributed by atoms with E-state index in [2.05, 4.69) is 5.32 Å². The van der Waals surface area contributed by atoms with Crippen LogP contribution in [-0.2, 0) is 4.79 Å². The fourth-order valence-corrected chi connectivity index (χ4v) is 1.49. The highest BCUT2D eigenvalue weighted by atomic mass is 35.5. The third kappa shape index (κ3) is 4.96. The van der Waals surface area contributed by atoms with Crippen LogP contribution >= 0.6 is 11.6 Å². The van der Waals surface area contributed by atoms with Crippen molar-refractivity contribution in [3.8, 4) is 5.75 Å². The minimum atomic E-state index is -0.173. The highest BCUT2D eigenvalue weighted by Gasteiger charge is 2.14. The largest absolute Gasteiger partial charge is 0.491 e. The van der Waals surface area contributed by atoms with E-state index in [9.17, 15) is 4.79 Å². The first-order valence-corrected chi connectivity index (χ1v) is 6.62. The fourth-order valence-electron chi connectivity index (χ4n) is 1.35. The minimum absolute atomic E-state index is 0.0370. The molecular weight excluding hydrogens is 250 g/mol. The summed E-state index contributed by atoms with van der Waals surface area (Å²) in [7, 11) is 0. The van der Waals surface area contributed by atoms with Gasteiger partial charge >= 0.3 is 0 Å². The van der Waals surface area contributed by atoms with Crippen LogP contribution in [0, 0.1) is 12.8 Å². The number of alkyl halides is 1. The van der Waals surface area contributed by atoms with Gasteiger partial charge in [-0.15, -0.1) is 11.6 Å². The molecule has 18 heavy (non-hydrogen) atoms. The van der Waals surface area contributed by atoms with Crippen molar-refractivity contribution in [1.82, 2.24) is 5.32 Å². The Kier molecular flexibility index (Phi) is 5.99. The van der Waals surface area contributed by atoms with Crippen LogP contribution in [0.1, 0.15) is 19.4 Å².